The minimum Gasteiger partial charge on any atom is -0.458 e. The van der Waals surface area contributed by atoms with Crippen molar-refractivity contribution < 1.29 is 33.7 Å². The van der Waals surface area contributed by atoms with Crippen LogP contribution >= 0.6 is 11.8 Å². The molecule has 4 rings (SSSR count). The van der Waals surface area contributed by atoms with Gasteiger partial charge >= 0.3 is 12.1 Å². The fourth-order valence-electron chi connectivity index (χ4n) is 4.89. The van der Waals surface area contributed by atoms with Crippen molar-refractivity contribution in [2.45, 2.75) is 22.8 Å². The first-order valence-corrected chi connectivity index (χ1v) is 14.3. The third-order valence-corrected chi connectivity index (χ3v) is 8.67. The number of benzene rings is 3. The Hall–Kier alpha value is -4.34. The summed E-state index contributed by atoms with van der Waals surface area (Å²) >= 11 is 1.43. The zero-order valence-electron chi connectivity index (χ0n) is 23.0. The molecule has 0 bridgehead atoms. The molecule has 42 heavy (non-hydrogen) atoms. The number of thioether (sulfide) groups is 1. The van der Waals surface area contributed by atoms with Crippen molar-refractivity contribution >= 4 is 29.8 Å². The highest BCUT2D eigenvalue weighted by Gasteiger charge is 2.56. The first-order valence-electron chi connectivity index (χ1n) is 13.5. The number of rotatable bonds is 14. The number of aliphatic hydroxyl groups excluding tert-OH is 1. The van der Waals surface area contributed by atoms with E-state index in [1.807, 2.05) is 91.0 Å². The normalized spacial score (nSPS) is 17.0. The fraction of sp³-hybridized carbons (Fsp3) is 0.242. The molecule has 3 aromatic carbocycles. The van der Waals surface area contributed by atoms with E-state index in [2.05, 4.69) is 13.2 Å². The van der Waals surface area contributed by atoms with Gasteiger partial charge in [-0.05, 0) is 23.1 Å². The summed E-state index contributed by atoms with van der Waals surface area (Å²) in [5.41, 5.74) is 2.83. The number of aliphatic hydroxyl groups is 1. The molecule has 0 aromatic heterocycles. The summed E-state index contributed by atoms with van der Waals surface area (Å²) in [6.45, 7) is 6.82. The zero-order chi connectivity index (χ0) is 30.0. The van der Waals surface area contributed by atoms with E-state index in [0.717, 1.165) is 21.6 Å². The summed E-state index contributed by atoms with van der Waals surface area (Å²) in [6.07, 6.45) is 0.252. The molecule has 1 aliphatic rings. The smallest absolute Gasteiger partial charge is 0.458 e. The molecule has 1 fully saturated rings. The number of carbonyl (C=O) groups excluding carboxylic acids is 3. The van der Waals surface area contributed by atoms with Crippen LogP contribution in [0, 0.1) is 5.92 Å². The van der Waals surface area contributed by atoms with Crippen LogP contribution in [0.1, 0.15) is 23.1 Å². The van der Waals surface area contributed by atoms with Gasteiger partial charge in [0.25, 0.3) is 0 Å². The van der Waals surface area contributed by atoms with Crippen molar-refractivity contribution in [3.8, 4) is 0 Å². The number of likely N-dealkylation sites (tertiary alicyclic amines) is 1. The van der Waals surface area contributed by atoms with Gasteiger partial charge < -0.3 is 19.3 Å². The van der Waals surface area contributed by atoms with E-state index in [4.69, 9.17) is 14.2 Å². The van der Waals surface area contributed by atoms with Crippen LogP contribution in [0.4, 0.5) is 4.79 Å². The number of hydrogen-bond acceptors (Lipinski definition) is 8. The molecule has 1 aliphatic heterocycles. The number of hydrogen-bond donors (Lipinski definition) is 1. The molecule has 1 saturated heterocycles. The first-order chi connectivity index (χ1) is 20.4. The van der Waals surface area contributed by atoms with Gasteiger partial charge in [0.1, 0.15) is 13.2 Å². The van der Waals surface area contributed by atoms with Gasteiger partial charge in [-0.3, -0.25) is 9.69 Å². The molecule has 3 aromatic rings. The van der Waals surface area contributed by atoms with E-state index in [1.54, 1.807) is 0 Å². The lowest BCUT2D eigenvalue weighted by Gasteiger charge is -2.51. The van der Waals surface area contributed by atoms with E-state index < -0.39 is 40.3 Å². The molecule has 1 heterocycles. The SMILES string of the molecule is C=CCOC(=O)OCC[C@H]1C(=O)N(C(O)C(=O)OCC=C)[C@@H]1SC(c1ccccc1)(c1ccccc1)c1ccccc1. The third-order valence-electron chi connectivity index (χ3n) is 6.81. The van der Waals surface area contributed by atoms with E-state index in [0.29, 0.717) is 0 Å². The number of nitrogens with zero attached hydrogens (tertiary/aromatic N) is 1. The maximum Gasteiger partial charge on any atom is 0.508 e. The zero-order valence-corrected chi connectivity index (χ0v) is 23.9. The number of carbonyl (C=O) groups is 3. The van der Waals surface area contributed by atoms with Crippen molar-refractivity contribution in [2.24, 2.45) is 5.92 Å². The molecule has 0 spiro atoms. The molecule has 9 heteroatoms. The molecule has 0 saturated carbocycles. The van der Waals surface area contributed by atoms with Crippen LogP contribution < -0.4 is 0 Å². The lowest BCUT2D eigenvalue weighted by Crippen LogP contribution is -2.66. The second-order valence-electron chi connectivity index (χ2n) is 9.42. The van der Waals surface area contributed by atoms with Gasteiger partial charge in [-0.2, -0.15) is 0 Å². The number of ether oxygens (including phenoxy) is 3. The predicted octanol–water partition coefficient (Wildman–Crippen LogP) is 5.27. The van der Waals surface area contributed by atoms with E-state index in [9.17, 15) is 19.5 Å². The average Bonchev–Trinajstić information content (AvgIpc) is 3.03. The molecular weight excluding hydrogens is 554 g/mol. The third kappa shape index (κ3) is 6.58. The second-order valence-corrected chi connectivity index (χ2v) is 10.7. The molecule has 1 N–H and O–H groups in total. The Balaban J connectivity index is 1.76. The van der Waals surface area contributed by atoms with Gasteiger partial charge in [-0.1, -0.05) is 116 Å². The molecule has 0 aliphatic carbocycles. The minimum atomic E-state index is -1.83. The van der Waals surface area contributed by atoms with Crippen LogP contribution in [0.25, 0.3) is 0 Å². The highest BCUT2D eigenvalue weighted by molar-refractivity contribution is 8.01. The summed E-state index contributed by atoms with van der Waals surface area (Å²) in [4.78, 5) is 39.2. The van der Waals surface area contributed by atoms with E-state index in [-0.39, 0.29) is 26.2 Å². The molecular formula is C33H33NO7S. The van der Waals surface area contributed by atoms with E-state index in [1.165, 1.54) is 23.9 Å². The number of esters is 1. The summed E-state index contributed by atoms with van der Waals surface area (Å²) < 4.78 is 14.3. The summed E-state index contributed by atoms with van der Waals surface area (Å²) in [5, 5.41) is 10.3. The maximum absolute atomic E-state index is 13.5. The Kier molecular flexibility index (Phi) is 10.6. The van der Waals surface area contributed by atoms with Gasteiger partial charge in [-0.25, -0.2) is 9.59 Å². The van der Waals surface area contributed by atoms with Gasteiger partial charge in [0, 0.05) is 0 Å². The van der Waals surface area contributed by atoms with Crippen LogP contribution in [-0.2, 0) is 28.5 Å². The van der Waals surface area contributed by atoms with Crippen molar-refractivity contribution in [3.63, 3.8) is 0 Å². The molecule has 218 valence electrons. The van der Waals surface area contributed by atoms with Crippen LogP contribution in [0.15, 0.2) is 116 Å². The second kappa shape index (κ2) is 14.5. The van der Waals surface area contributed by atoms with Crippen molar-refractivity contribution in [1.82, 2.24) is 4.90 Å². The molecule has 0 radical (unpaired) electrons. The fourth-order valence-corrected chi connectivity index (χ4v) is 6.81. The Labute approximate surface area is 249 Å². The maximum atomic E-state index is 13.5. The molecule has 8 nitrogen and oxygen atoms in total. The summed E-state index contributed by atoms with van der Waals surface area (Å²) in [7, 11) is 0. The Morgan fingerprint density at radius 2 is 1.31 bits per heavy atom. The summed E-state index contributed by atoms with van der Waals surface area (Å²) in [6, 6.07) is 29.6. The van der Waals surface area contributed by atoms with Crippen molar-refractivity contribution in [1.29, 1.82) is 0 Å². The van der Waals surface area contributed by atoms with Gasteiger partial charge in [-0.15, -0.1) is 11.8 Å². The quantitative estimate of drug-likeness (QED) is 0.118. The molecule has 1 unspecified atom stereocenters. The highest BCUT2D eigenvalue weighted by atomic mass is 32.2. The average molecular weight is 588 g/mol. The lowest BCUT2D eigenvalue weighted by atomic mass is 9.84. The first kappa shape index (κ1) is 30.6. The van der Waals surface area contributed by atoms with Gasteiger partial charge in [0.05, 0.1) is 22.6 Å². The van der Waals surface area contributed by atoms with Gasteiger partial charge in [0.2, 0.25) is 12.1 Å². The topological polar surface area (TPSA) is 102 Å². The molecule has 3 atom stereocenters. The monoisotopic (exact) mass is 587 g/mol. The van der Waals surface area contributed by atoms with Crippen LogP contribution in [0.5, 0.6) is 0 Å². The van der Waals surface area contributed by atoms with Crippen LogP contribution in [0.2, 0.25) is 0 Å². The number of amides is 1. The molecule has 1 amide bonds. The number of β-lactam (4-membered cyclic amide) rings is 1. The Morgan fingerprint density at radius 1 is 0.833 bits per heavy atom. The standard InChI is InChI=1S/C33H33NO7S/c1-3-21-39-31(37)29(36)34-28(35)27(20-23-41-32(38)40-22-4-2)30(34)42-33(24-14-8-5-9-15-24,25-16-10-6-11-17-25)26-18-12-7-13-19-26/h3-19,27,29-30,36H,1-2,20-23H2/t27-,29?,30+/m0/s1. The Bertz CT molecular complexity index is 1270. The highest BCUT2D eigenvalue weighted by Crippen LogP contribution is 2.55. The Morgan fingerprint density at radius 3 is 1.79 bits per heavy atom. The van der Waals surface area contributed by atoms with E-state index >= 15 is 0 Å². The van der Waals surface area contributed by atoms with Crippen molar-refractivity contribution in [3.05, 3.63) is 133 Å². The van der Waals surface area contributed by atoms with Gasteiger partial charge in [0.15, 0.2) is 0 Å². The van der Waals surface area contributed by atoms with Crippen LogP contribution in [-0.4, -0.2) is 59.5 Å². The van der Waals surface area contributed by atoms with Crippen molar-refractivity contribution in [2.75, 3.05) is 19.8 Å². The lowest BCUT2D eigenvalue weighted by molar-refractivity contribution is -0.184. The largest absolute Gasteiger partial charge is 0.508 e. The predicted molar refractivity (Wildman–Crippen MR) is 160 cm³/mol. The summed E-state index contributed by atoms with van der Waals surface area (Å²) in [5.74, 6) is -2.09. The van der Waals surface area contributed by atoms with Crippen LogP contribution in [0.3, 0.4) is 0 Å². The minimum absolute atomic E-state index is 0.000205.